The van der Waals surface area contributed by atoms with E-state index in [9.17, 15) is 4.79 Å². The number of anilines is 1. The molecule has 0 aliphatic carbocycles. The molecule has 0 atom stereocenters. The largest absolute Gasteiger partial charge is 0.351 e. The Kier molecular flexibility index (Phi) is 2.26. The summed E-state index contributed by atoms with van der Waals surface area (Å²) in [6, 6.07) is 1.85. The highest BCUT2D eigenvalue weighted by molar-refractivity contribution is 7.17. The number of aromatic amines is 1. The van der Waals surface area contributed by atoms with Crippen molar-refractivity contribution in [3.05, 3.63) is 21.8 Å². The molecule has 0 aliphatic rings. The average molecular weight is 223 g/mol. The first-order valence-electron chi connectivity index (χ1n) is 4.71. The van der Waals surface area contributed by atoms with Crippen LogP contribution in [0.1, 0.15) is 20.8 Å². The highest BCUT2D eigenvalue weighted by Gasteiger charge is 2.12. The molecule has 2 aromatic rings. The molecule has 0 spiro atoms. The maximum absolute atomic E-state index is 11.6. The normalized spacial score (nSPS) is 11.9. The minimum atomic E-state index is -0.111. The lowest BCUT2D eigenvalue weighted by atomic mass is 10.1. The third-order valence-electron chi connectivity index (χ3n) is 1.81. The van der Waals surface area contributed by atoms with Crippen LogP contribution in [-0.2, 0) is 0 Å². The number of H-pyrrole nitrogens is 1. The summed E-state index contributed by atoms with van der Waals surface area (Å²) in [4.78, 5) is 18.7. The van der Waals surface area contributed by atoms with E-state index < -0.39 is 0 Å². The van der Waals surface area contributed by atoms with Crippen LogP contribution in [0.2, 0.25) is 0 Å². The summed E-state index contributed by atoms with van der Waals surface area (Å²) < 4.78 is 0.675. The summed E-state index contributed by atoms with van der Waals surface area (Å²) in [5.41, 5.74) is 0.553. The third kappa shape index (κ3) is 2.18. The number of hydrogen-bond acceptors (Lipinski definition) is 4. The summed E-state index contributed by atoms with van der Waals surface area (Å²) in [6.07, 6.45) is 0. The molecule has 80 valence electrons. The molecular formula is C10H13N3OS. The van der Waals surface area contributed by atoms with Crippen LogP contribution in [0.15, 0.2) is 16.2 Å². The van der Waals surface area contributed by atoms with Gasteiger partial charge in [0.1, 0.15) is 4.70 Å². The van der Waals surface area contributed by atoms with E-state index in [1.807, 2.05) is 32.2 Å². The summed E-state index contributed by atoms with van der Waals surface area (Å²) in [6.45, 7) is 6.06. The van der Waals surface area contributed by atoms with E-state index in [2.05, 4.69) is 15.3 Å². The summed E-state index contributed by atoms with van der Waals surface area (Å²) >= 11 is 1.41. The monoisotopic (exact) mass is 223 g/mol. The van der Waals surface area contributed by atoms with Gasteiger partial charge in [-0.25, -0.2) is 4.98 Å². The van der Waals surface area contributed by atoms with Gasteiger partial charge in [0.2, 0.25) is 5.95 Å². The zero-order valence-corrected chi connectivity index (χ0v) is 9.73. The predicted molar refractivity (Wildman–Crippen MR) is 63.6 cm³/mol. The Bertz CT molecular complexity index is 535. The number of nitrogens with zero attached hydrogens (tertiary/aromatic N) is 1. The Morgan fingerprint density at radius 3 is 2.87 bits per heavy atom. The Hall–Kier alpha value is -1.36. The molecule has 2 N–H and O–H groups in total. The molecule has 0 saturated carbocycles. The molecule has 4 nitrogen and oxygen atoms in total. The number of hydrogen-bond donors (Lipinski definition) is 2. The Morgan fingerprint density at radius 1 is 1.47 bits per heavy atom. The second kappa shape index (κ2) is 3.34. The van der Waals surface area contributed by atoms with Crippen molar-refractivity contribution in [1.82, 2.24) is 9.97 Å². The number of rotatable bonds is 1. The van der Waals surface area contributed by atoms with Crippen LogP contribution in [0.4, 0.5) is 5.95 Å². The first-order chi connectivity index (χ1) is 6.96. The standard InChI is InChI=1S/C10H13N3OS/c1-10(2,3)13-9-11-6-4-5-15-7(6)8(14)12-9/h4-5H,1-3H3,(H2,11,12,13,14). The molecular weight excluding hydrogens is 210 g/mol. The lowest BCUT2D eigenvalue weighted by Gasteiger charge is -2.20. The van der Waals surface area contributed by atoms with Crippen molar-refractivity contribution in [2.75, 3.05) is 5.32 Å². The van der Waals surface area contributed by atoms with Gasteiger partial charge in [-0.3, -0.25) is 9.78 Å². The van der Waals surface area contributed by atoms with Gasteiger partial charge < -0.3 is 5.32 Å². The highest BCUT2D eigenvalue weighted by Crippen LogP contribution is 2.16. The molecule has 0 bridgehead atoms. The van der Waals surface area contributed by atoms with Gasteiger partial charge in [-0.15, -0.1) is 11.3 Å². The minimum absolute atomic E-state index is 0.0817. The summed E-state index contributed by atoms with van der Waals surface area (Å²) in [5.74, 6) is 0.526. The number of aromatic nitrogens is 2. The van der Waals surface area contributed by atoms with Crippen molar-refractivity contribution in [2.45, 2.75) is 26.3 Å². The van der Waals surface area contributed by atoms with Gasteiger partial charge in [0.15, 0.2) is 0 Å². The van der Waals surface area contributed by atoms with Gasteiger partial charge in [0.05, 0.1) is 5.52 Å². The molecule has 0 amide bonds. The zero-order valence-electron chi connectivity index (χ0n) is 8.92. The maximum atomic E-state index is 11.6. The van der Waals surface area contributed by atoms with Gasteiger partial charge in [0.25, 0.3) is 5.56 Å². The van der Waals surface area contributed by atoms with Crippen molar-refractivity contribution >= 4 is 27.5 Å². The molecule has 5 heteroatoms. The quantitative estimate of drug-likeness (QED) is 0.779. The molecule has 0 fully saturated rings. The molecule has 15 heavy (non-hydrogen) atoms. The van der Waals surface area contributed by atoms with Crippen LogP contribution in [0.5, 0.6) is 0 Å². The Balaban J connectivity index is 2.50. The molecule has 0 aromatic carbocycles. The average Bonchev–Trinajstić information content (AvgIpc) is 2.48. The molecule has 2 aromatic heterocycles. The Labute approximate surface area is 91.4 Å². The second-order valence-corrected chi connectivity index (χ2v) is 5.34. The van der Waals surface area contributed by atoms with Crippen LogP contribution in [0.3, 0.4) is 0 Å². The fourth-order valence-corrected chi connectivity index (χ4v) is 2.01. The van der Waals surface area contributed by atoms with Crippen LogP contribution in [-0.4, -0.2) is 15.5 Å². The van der Waals surface area contributed by atoms with Gasteiger partial charge in [-0.1, -0.05) is 0 Å². The van der Waals surface area contributed by atoms with E-state index >= 15 is 0 Å². The maximum Gasteiger partial charge on any atom is 0.270 e. The van der Waals surface area contributed by atoms with Crippen molar-refractivity contribution in [2.24, 2.45) is 0 Å². The van der Waals surface area contributed by atoms with E-state index in [0.29, 0.717) is 10.6 Å². The van der Waals surface area contributed by atoms with Crippen molar-refractivity contribution in [1.29, 1.82) is 0 Å². The molecule has 0 aliphatic heterocycles. The van der Waals surface area contributed by atoms with Crippen molar-refractivity contribution < 1.29 is 0 Å². The third-order valence-corrected chi connectivity index (χ3v) is 2.71. The number of nitrogens with one attached hydrogen (secondary N) is 2. The number of fused-ring (bicyclic) bond motifs is 1. The predicted octanol–water partition coefficient (Wildman–Crippen LogP) is 2.19. The van der Waals surface area contributed by atoms with Crippen LogP contribution in [0.25, 0.3) is 10.2 Å². The second-order valence-electron chi connectivity index (χ2n) is 4.42. The van der Waals surface area contributed by atoms with Crippen LogP contribution in [0, 0.1) is 0 Å². The molecule has 2 rings (SSSR count). The Morgan fingerprint density at radius 2 is 2.20 bits per heavy atom. The lowest BCUT2D eigenvalue weighted by Crippen LogP contribution is -2.28. The molecule has 2 heterocycles. The SMILES string of the molecule is CC(C)(C)Nc1nc2ccsc2c(=O)[nH]1. The van der Waals surface area contributed by atoms with E-state index in [-0.39, 0.29) is 11.1 Å². The fourth-order valence-electron chi connectivity index (χ4n) is 1.29. The highest BCUT2D eigenvalue weighted by atomic mass is 32.1. The first-order valence-corrected chi connectivity index (χ1v) is 5.59. The lowest BCUT2D eigenvalue weighted by molar-refractivity contribution is 0.626. The first kappa shape index (κ1) is 10.2. The van der Waals surface area contributed by atoms with E-state index in [1.165, 1.54) is 11.3 Å². The van der Waals surface area contributed by atoms with E-state index in [1.54, 1.807) is 0 Å². The van der Waals surface area contributed by atoms with Crippen molar-refractivity contribution in [3.63, 3.8) is 0 Å². The number of thiophene rings is 1. The molecule has 0 saturated heterocycles. The van der Waals surface area contributed by atoms with Crippen LogP contribution >= 0.6 is 11.3 Å². The fraction of sp³-hybridized carbons (Fsp3) is 0.400. The van der Waals surface area contributed by atoms with E-state index in [4.69, 9.17) is 0 Å². The van der Waals surface area contributed by atoms with Crippen LogP contribution < -0.4 is 10.9 Å². The van der Waals surface area contributed by atoms with Gasteiger partial charge >= 0.3 is 0 Å². The van der Waals surface area contributed by atoms with Gasteiger partial charge in [-0.05, 0) is 32.2 Å². The van der Waals surface area contributed by atoms with Gasteiger partial charge in [-0.2, -0.15) is 0 Å². The zero-order chi connectivity index (χ0) is 11.1. The topological polar surface area (TPSA) is 57.8 Å². The minimum Gasteiger partial charge on any atom is -0.351 e. The molecule has 0 radical (unpaired) electrons. The molecule has 0 unspecified atom stereocenters. The summed E-state index contributed by atoms with van der Waals surface area (Å²) in [5, 5.41) is 5.01. The van der Waals surface area contributed by atoms with Gasteiger partial charge in [0, 0.05) is 5.54 Å². The summed E-state index contributed by atoms with van der Waals surface area (Å²) in [7, 11) is 0. The van der Waals surface area contributed by atoms with Crippen molar-refractivity contribution in [3.8, 4) is 0 Å². The van der Waals surface area contributed by atoms with E-state index in [0.717, 1.165) is 5.52 Å². The smallest absolute Gasteiger partial charge is 0.270 e.